The van der Waals surface area contributed by atoms with Crippen molar-refractivity contribution in [1.29, 1.82) is 0 Å². The predicted molar refractivity (Wildman–Crippen MR) is 92.5 cm³/mol. The highest BCUT2D eigenvalue weighted by Gasteiger charge is 2.32. The summed E-state index contributed by atoms with van der Waals surface area (Å²) in [5.74, 6) is 0.446. The second kappa shape index (κ2) is 7.85. The van der Waals surface area contributed by atoms with Crippen LogP contribution in [0, 0.1) is 5.92 Å². The molecular formula is C18H29N3O4. The Morgan fingerprint density at radius 1 is 1.44 bits per heavy atom. The average Bonchev–Trinajstić information content (AvgIpc) is 2.89. The number of carbonyl (C=O) groups is 1. The number of fused-ring (bicyclic) bond motifs is 1. The Bertz CT molecular complexity index is 610. The highest BCUT2D eigenvalue weighted by Crippen LogP contribution is 2.32. The smallest absolute Gasteiger partial charge is 0.269 e. The number of rotatable bonds is 7. The maximum Gasteiger partial charge on any atom is 0.269 e. The van der Waals surface area contributed by atoms with E-state index in [4.69, 9.17) is 9.47 Å². The Kier molecular flexibility index (Phi) is 5.76. The van der Waals surface area contributed by atoms with E-state index in [9.17, 15) is 9.90 Å². The lowest BCUT2D eigenvalue weighted by atomic mass is 9.80. The van der Waals surface area contributed by atoms with E-state index in [2.05, 4.69) is 10.4 Å². The number of methoxy groups -OCH3 is 1. The van der Waals surface area contributed by atoms with Crippen molar-refractivity contribution < 1.29 is 19.4 Å². The van der Waals surface area contributed by atoms with E-state index in [0.29, 0.717) is 37.7 Å². The fourth-order valence-corrected chi connectivity index (χ4v) is 3.80. The summed E-state index contributed by atoms with van der Waals surface area (Å²) >= 11 is 0. The lowest BCUT2D eigenvalue weighted by Gasteiger charge is -2.31. The lowest BCUT2D eigenvalue weighted by Crippen LogP contribution is -2.34. The van der Waals surface area contributed by atoms with Crippen LogP contribution in [0.15, 0.2) is 0 Å². The van der Waals surface area contributed by atoms with Gasteiger partial charge < -0.3 is 19.9 Å². The molecule has 2 N–H and O–H groups in total. The van der Waals surface area contributed by atoms with E-state index >= 15 is 0 Å². The van der Waals surface area contributed by atoms with Crippen molar-refractivity contribution in [3.05, 3.63) is 17.0 Å². The number of carbonyl (C=O) groups excluding carboxylic acids is 1. The molecule has 140 valence electrons. The summed E-state index contributed by atoms with van der Waals surface area (Å²) in [7, 11) is 1.64. The molecule has 2 atom stereocenters. The quantitative estimate of drug-likeness (QED) is 0.776. The third-order valence-corrected chi connectivity index (χ3v) is 5.17. The van der Waals surface area contributed by atoms with Gasteiger partial charge in [0.1, 0.15) is 5.69 Å². The van der Waals surface area contributed by atoms with Crippen molar-refractivity contribution in [3.8, 4) is 0 Å². The lowest BCUT2D eigenvalue weighted by molar-refractivity contribution is -0.00716. The van der Waals surface area contributed by atoms with Crippen LogP contribution in [0.2, 0.25) is 0 Å². The minimum absolute atomic E-state index is 0.0746. The molecule has 1 aromatic rings. The molecule has 2 aliphatic rings. The van der Waals surface area contributed by atoms with E-state index in [1.165, 1.54) is 0 Å². The zero-order valence-electron chi connectivity index (χ0n) is 15.3. The average molecular weight is 351 g/mol. The molecule has 3 rings (SSSR count). The number of hydrogen-bond acceptors (Lipinski definition) is 5. The first-order chi connectivity index (χ1) is 12.0. The van der Waals surface area contributed by atoms with Crippen LogP contribution >= 0.6 is 0 Å². The van der Waals surface area contributed by atoms with Gasteiger partial charge in [-0.1, -0.05) is 0 Å². The van der Waals surface area contributed by atoms with Gasteiger partial charge >= 0.3 is 0 Å². The van der Waals surface area contributed by atoms with E-state index in [1.807, 2.05) is 13.8 Å². The molecule has 1 amide bonds. The fourth-order valence-electron chi connectivity index (χ4n) is 3.80. The molecule has 0 bridgehead atoms. The van der Waals surface area contributed by atoms with Gasteiger partial charge in [0.25, 0.3) is 5.91 Å². The molecule has 0 aromatic carbocycles. The molecule has 1 fully saturated rings. The fraction of sp³-hybridized carbons (Fsp3) is 0.778. The Morgan fingerprint density at radius 2 is 2.20 bits per heavy atom. The summed E-state index contributed by atoms with van der Waals surface area (Å²) in [6.45, 7) is 5.68. The van der Waals surface area contributed by atoms with Crippen molar-refractivity contribution >= 4 is 5.91 Å². The Labute approximate surface area is 148 Å². The highest BCUT2D eigenvalue weighted by molar-refractivity contribution is 5.94. The molecule has 1 aliphatic carbocycles. The molecule has 1 aromatic heterocycles. The van der Waals surface area contributed by atoms with Crippen LogP contribution in [0.25, 0.3) is 0 Å². The van der Waals surface area contributed by atoms with Crippen molar-refractivity contribution in [3.63, 3.8) is 0 Å². The van der Waals surface area contributed by atoms with Crippen molar-refractivity contribution in [2.75, 3.05) is 20.3 Å². The van der Waals surface area contributed by atoms with Crippen LogP contribution in [-0.4, -0.2) is 53.3 Å². The molecule has 2 heterocycles. The molecule has 1 aliphatic heterocycles. The molecule has 0 unspecified atom stereocenters. The third kappa shape index (κ3) is 4.04. The van der Waals surface area contributed by atoms with Crippen LogP contribution in [0.4, 0.5) is 0 Å². The topological polar surface area (TPSA) is 85.6 Å². The minimum atomic E-state index is -0.147. The van der Waals surface area contributed by atoms with Gasteiger partial charge in [-0.2, -0.15) is 5.10 Å². The van der Waals surface area contributed by atoms with Gasteiger partial charge in [0, 0.05) is 25.6 Å². The number of nitrogens with one attached hydrogen (secondary N) is 1. The molecular weight excluding hydrogens is 322 g/mol. The van der Waals surface area contributed by atoms with E-state index in [1.54, 1.807) is 11.8 Å². The van der Waals surface area contributed by atoms with Gasteiger partial charge in [-0.15, -0.1) is 0 Å². The monoisotopic (exact) mass is 351 g/mol. The summed E-state index contributed by atoms with van der Waals surface area (Å²) in [4.78, 5) is 12.8. The van der Waals surface area contributed by atoms with E-state index in [0.717, 1.165) is 30.5 Å². The Hall–Kier alpha value is -1.44. The Morgan fingerprint density at radius 3 is 2.88 bits per heavy atom. The third-order valence-electron chi connectivity index (χ3n) is 5.17. The highest BCUT2D eigenvalue weighted by atomic mass is 16.5. The molecule has 0 radical (unpaired) electrons. The SMILES string of the molecule is COCCn1nc2c(c1C(=O)NCCC1CC(O)C1)C[C@H](C)O[C@@H]2C. The summed E-state index contributed by atoms with van der Waals surface area (Å²) in [5, 5.41) is 17.0. The van der Waals surface area contributed by atoms with Gasteiger partial charge in [-0.05, 0) is 39.0 Å². The van der Waals surface area contributed by atoms with E-state index in [-0.39, 0.29) is 24.2 Å². The zero-order chi connectivity index (χ0) is 18.0. The van der Waals surface area contributed by atoms with Gasteiger partial charge in [-0.3, -0.25) is 9.48 Å². The number of amides is 1. The first-order valence-electron chi connectivity index (χ1n) is 9.19. The maximum absolute atomic E-state index is 12.8. The van der Waals surface area contributed by atoms with Crippen molar-refractivity contribution in [2.24, 2.45) is 5.92 Å². The molecule has 7 nitrogen and oxygen atoms in total. The summed E-state index contributed by atoms with van der Waals surface area (Å²) in [6, 6.07) is 0. The van der Waals surface area contributed by atoms with Gasteiger partial charge in [0.15, 0.2) is 0 Å². The van der Waals surface area contributed by atoms with Crippen LogP contribution in [0.1, 0.15) is 61.0 Å². The summed E-state index contributed by atoms with van der Waals surface area (Å²) < 4.78 is 12.8. The number of hydrogen-bond donors (Lipinski definition) is 2. The van der Waals surface area contributed by atoms with Crippen molar-refractivity contribution in [2.45, 2.75) is 64.4 Å². The summed E-state index contributed by atoms with van der Waals surface area (Å²) in [6.07, 6.45) is 3.13. The molecule has 1 saturated carbocycles. The van der Waals surface area contributed by atoms with Crippen LogP contribution in [-0.2, 0) is 22.4 Å². The van der Waals surface area contributed by atoms with Crippen molar-refractivity contribution in [1.82, 2.24) is 15.1 Å². The molecule has 7 heteroatoms. The van der Waals surface area contributed by atoms with Gasteiger partial charge in [0.05, 0.1) is 37.2 Å². The van der Waals surface area contributed by atoms with Crippen LogP contribution in [0.5, 0.6) is 0 Å². The Balaban J connectivity index is 1.72. The first kappa shape index (κ1) is 18.4. The zero-order valence-corrected chi connectivity index (χ0v) is 15.3. The van der Waals surface area contributed by atoms with Gasteiger partial charge in [0.2, 0.25) is 0 Å². The number of aliphatic hydroxyl groups is 1. The maximum atomic E-state index is 12.8. The van der Waals surface area contributed by atoms with Crippen LogP contribution in [0.3, 0.4) is 0 Å². The predicted octanol–water partition coefficient (Wildman–Crippen LogP) is 1.44. The summed E-state index contributed by atoms with van der Waals surface area (Å²) in [5.41, 5.74) is 2.50. The van der Waals surface area contributed by atoms with Gasteiger partial charge in [-0.25, -0.2) is 0 Å². The second-order valence-electron chi connectivity index (χ2n) is 7.26. The van der Waals surface area contributed by atoms with Crippen LogP contribution < -0.4 is 5.32 Å². The number of aliphatic hydroxyl groups excluding tert-OH is 1. The first-order valence-corrected chi connectivity index (χ1v) is 9.19. The normalized spacial score (nSPS) is 28.3. The standard InChI is InChI=1S/C18H29N3O4/c1-11-8-15-16(12(2)25-11)20-21(6-7-24-3)17(15)18(23)19-5-4-13-9-14(22)10-13/h11-14,22H,4-10H2,1-3H3,(H,19,23)/t11-,12+,13?,14?/m0/s1. The van der Waals surface area contributed by atoms with E-state index < -0.39 is 0 Å². The molecule has 0 saturated heterocycles. The largest absolute Gasteiger partial charge is 0.393 e. The number of nitrogens with zero attached hydrogens (tertiary/aromatic N) is 2. The minimum Gasteiger partial charge on any atom is -0.393 e. The second-order valence-corrected chi connectivity index (χ2v) is 7.26. The molecule has 25 heavy (non-hydrogen) atoms. The molecule has 0 spiro atoms. The number of aromatic nitrogens is 2. The number of ether oxygens (including phenoxy) is 2.